The Labute approximate surface area is 103 Å². The second-order valence-electron chi connectivity index (χ2n) is 5.34. The van der Waals surface area contributed by atoms with E-state index in [-0.39, 0.29) is 0 Å². The Balaban J connectivity index is 2.88. The summed E-state index contributed by atoms with van der Waals surface area (Å²) in [5, 5.41) is 4.52. The summed E-state index contributed by atoms with van der Waals surface area (Å²) in [6.45, 7) is 12.9. The van der Waals surface area contributed by atoms with E-state index >= 15 is 0 Å². The molecule has 0 aliphatic rings. The molecule has 0 saturated heterocycles. The maximum Gasteiger partial charge on any atom is 0.0917 e. The van der Waals surface area contributed by atoms with Gasteiger partial charge in [0, 0.05) is 5.56 Å². The summed E-state index contributed by atoms with van der Waals surface area (Å²) in [6.07, 6.45) is 1.99. The molecule has 2 rings (SSSR count). The molecule has 0 radical (unpaired) electrons. The topological polar surface area (TPSA) is 30.2 Å². The van der Waals surface area contributed by atoms with Crippen molar-refractivity contribution in [1.29, 1.82) is 0 Å². The third kappa shape index (κ3) is 1.84. The standard InChI is InChI=1S/C14H21N3/c1-8(2)12-7-15-17-11(6)10(5)16-13(9(3)4)14(12)17/h7-9H,1-6H3. The molecule has 0 spiro atoms. The highest BCUT2D eigenvalue weighted by atomic mass is 15.2. The third-order valence-electron chi connectivity index (χ3n) is 3.34. The van der Waals surface area contributed by atoms with Crippen molar-refractivity contribution >= 4 is 5.52 Å². The summed E-state index contributed by atoms with van der Waals surface area (Å²) in [5.41, 5.74) is 5.87. The first-order chi connectivity index (χ1) is 7.93. The fourth-order valence-corrected chi connectivity index (χ4v) is 2.16. The van der Waals surface area contributed by atoms with Crippen molar-refractivity contribution in [3.05, 3.63) is 28.8 Å². The Morgan fingerprint density at radius 1 is 1.06 bits per heavy atom. The molecule has 0 fully saturated rings. The Bertz CT molecular complexity index is 550. The average Bonchev–Trinajstić information content (AvgIpc) is 2.67. The second-order valence-corrected chi connectivity index (χ2v) is 5.34. The predicted octanol–water partition coefficient (Wildman–Crippen LogP) is 3.59. The number of nitrogens with zero attached hydrogens (tertiary/aromatic N) is 3. The molecule has 0 aliphatic carbocycles. The van der Waals surface area contributed by atoms with Gasteiger partial charge in [-0.15, -0.1) is 0 Å². The van der Waals surface area contributed by atoms with Crippen molar-refractivity contribution in [2.24, 2.45) is 0 Å². The summed E-state index contributed by atoms with van der Waals surface area (Å²) >= 11 is 0. The molecule has 3 heteroatoms. The molecule has 0 N–H and O–H groups in total. The predicted molar refractivity (Wildman–Crippen MR) is 70.6 cm³/mol. The molecule has 92 valence electrons. The van der Waals surface area contributed by atoms with E-state index in [1.54, 1.807) is 0 Å². The van der Waals surface area contributed by atoms with Crippen molar-refractivity contribution in [3.8, 4) is 0 Å². The Hall–Kier alpha value is -1.38. The van der Waals surface area contributed by atoms with Crippen LogP contribution < -0.4 is 0 Å². The molecule has 0 bridgehead atoms. The smallest absolute Gasteiger partial charge is 0.0917 e. The lowest BCUT2D eigenvalue weighted by molar-refractivity contribution is 0.779. The van der Waals surface area contributed by atoms with E-state index in [4.69, 9.17) is 4.98 Å². The van der Waals surface area contributed by atoms with Gasteiger partial charge < -0.3 is 0 Å². The van der Waals surface area contributed by atoms with Gasteiger partial charge in [-0.25, -0.2) is 4.52 Å². The van der Waals surface area contributed by atoms with Crippen molar-refractivity contribution in [3.63, 3.8) is 0 Å². The first-order valence-corrected chi connectivity index (χ1v) is 6.28. The van der Waals surface area contributed by atoms with Gasteiger partial charge in [0.25, 0.3) is 0 Å². The number of fused-ring (bicyclic) bond motifs is 1. The molecular formula is C14H21N3. The van der Waals surface area contributed by atoms with Gasteiger partial charge in [-0.3, -0.25) is 4.98 Å². The van der Waals surface area contributed by atoms with Gasteiger partial charge in [-0.1, -0.05) is 27.7 Å². The summed E-state index contributed by atoms with van der Waals surface area (Å²) in [7, 11) is 0. The highest BCUT2D eigenvalue weighted by molar-refractivity contribution is 5.61. The van der Waals surface area contributed by atoms with E-state index < -0.39 is 0 Å². The number of aromatic nitrogens is 3. The number of hydrogen-bond acceptors (Lipinski definition) is 2. The lowest BCUT2D eigenvalue weighted by atomic mass is 10.0. The zero-order valence-corrected chi connectivity index (χ0v) is 11.6. The Kier molecular flexibility index (Phi) is 2.94. The van der Waals surface area contributed by atoms with Crippen LogP contribution in [0.2, 0.25) is 0 Å². The average molecular weight is 231 g/mol. The van der Waals surface area contributed by atoms with Gasteiger partial charge in [0.2, 0.25) is 0 Å². The number of rotatable bonds is 2. The van der Waals surface area contributed by atoms with Crippen LogP contribution in [-0.4, -0.2) is 14.6 Å². The van der Waals surface area contributed by atoms with Crippen LogP contribution in [0.25, 0.3) is 5.52 Å². The zero-order chi connectivity index (χ0) is 12.7. The molecule has 0 aromatic carbocycles. The van der Waals surface area contributed by atoms with Crippen LogP contribution in [0.5, 0.6) is 0 Å². The molecule has 2 aromatic heterocycles. The van der Waals surface area contributed by atoms with E-state index in [1.165, 1.54) is 11.1 Å². The molecule has 0 saturated carbocycles. The van der Waals surface area contributed by atoms with Crippen LogP contribution in [0, 0.1) is 13.8 Å². The van der Waals surface area contributed by atoms with Gasteiger partial charge in [0.1, 0.15) is 0 Å². The highest BCUT2D eigenvalue weighted by Crippen LogP contribution is 2.28. The molecule has 2 heterocycles. The van der Waals surface area contributed by atoms with Crippen LogP contribution in [0.4, 0.5) is 0 Å². The Morgan fingerprint density at radius 3 is 2.24 bits per heavy atom. The van der Waals surface area contributed by atoms with Gasteiger partial charge >= 0.3 is 0 Å². The van der Waals surface area contributed by atoms with E-state index in [2.05, 4.69) is 46.6 Å². The second kappa shape index (κ2) is 4.13. The molecule has 3 nitrogen and oxygen atoms in total. The lowest BCUT2D eigenvalue weighted by Gasteiger charge is -2.13. The molecule has 0 aliphatic heterocycles. The summed E-state index contributed by atoms with van der Waals surface area (Å²) in [5.74, 6) is 0.903. The maximum atomic E-state index is 4.75. The molecule has 0 atom stereocenters. The minimum Gasteiger partial charge on any atom is -0.254 e. The largest absolute Gasteiger partial charge is 0.254 e. The van der Waals surface area contributed by atoms with Crippen molar-refractivity contribution in [2.45, 2.75) is 53.4 Å². The monoisotopic (exact) mass is 231 g/mol. The quantitative estimate of drug-likeness (QED) is 0.790. The Morgan fingerprint density at radius 2 is 1.71 bits per heavy atom. The van der Waals surface area contributed by atoms with Crippen LogP contribution in [0.3, 0.4) is 0 Å². The summed E-state index contributed by atoms with van der Waals surface area (Å²) in [4.78, 5) is 4.75. The van der Waals surface area contributed by atoms with E-state index in [0.29, 0.717) is 11.8 Å². The first kappa shape index (κ1) is 12.1. The van der Waals surface area contributed by atoms with Crippen LogP contribution in [0.1, 0.15) is 62.2 Å². The van der Waals surface area contributed by atoms with E-state index in [0.717, 1.165) is 17.1 Å². The van der Waals surface area contributed by atoms with Crippen LogP contribution >= 0.6 is 0 Å². The van der Waals surface area contributed by atoms with Crippen LogP contribution in [0.15, 0.2) is 6.20 Å². The van der Waals surface area contributed by atoms with E-state index in [9.17, 15) is 0 Å². The van der Waals surface area contributed by atoms with Gasteiger partial charge in [-0.2, -0.15) is 5.10 Å². The first-order valence-electron chi connectivity index (χ1n) is 6.28. The SMILES string of the molecule is Cc1nc(C(C)C)c2c(C(C)C)cnn2c1C. The van der Waals surface area contributed by atoms with Gasteiger partial charge in [-0.05, 0) is 25.7 Å². The normalized spacial score (nSPS) is 12.0. The zero-order valence-electron chi connectivity index (χ0n) is 11.6. The molecule has 2 aromatic rings. The molecule has 0 amide bonds. The summed E-state index contributed by atoms with van der Waals surface area (Å²) in [6, 6.07) is 0. The molecule has 0 unspecified atom stereocenters. The minimum atomic E-state index is 0.422. The lowest BCUT2D eigenvalue weighted by Crippen LogP contribution is -2.07. The highest BCUT2D eigenvalue weighted by Gasteiger charge is 2.17. The molecule has 17 heavy (non-hydrogen) atoms. The minimum absolute atomic E-state index is 0.422. The molecular weight excluding hydrogens is 210 g/mol. The van der Waals surface area contributed by atoms with Gasteiger partial charge in [0.15, 0.2) is 0 Å². The van der Waals surface area contributed by atoms with Gasteiger partial charge in [0.05, 0.1) is 28.8 Å². The van der Waals surface area contributed by atoms with Crippen LogP contribution in [-0.2, 0) is 0 Å². The van der Waals surface area contributed by atoms with Crippen molar-refractivity contribution in [1.82, 2.24) is 14.6 Å². The summed E-state index contributed by atoms with van der Waals surface area (Å²) < 4.78 is 2.05. The maximum absolute atomic E-state index is 4.75. The van der Waals surface area contributed by atoms with Crippen molar-refractivity contribution in [2.75, 3.05) is 0 Å². The fraction of sp³-hybridized carbons (Fsp3) is 0.571. The van der Waals surface area contributed by atoms with E-state index in [1.807, 2.05) is 10.7 Å². The third-order valence-corrected chi connectivity index (χ3v) is 3.34. The van der Waals surface area contributed by atoms with Crippen molar-refractivity contribution < 1.29 is 0 Å². The fourth-order valence-electron chi connectivity index (χ4n) is 2.16. The number of aryl methyl sites for hydroxylation is 2. The number of hydrogen-bond donors (Lipinski definition) is 0.